The van der Waals surface area contributed by atoms with E-state index in [2.05, 4.69) is 41.8 Å². The monoisotopic (exact) mass is 656 g/mol. The zero-order chi connectivity index (χ0) is 27.6. The van der Waals surface area contributed by atoms with Gasteiger partial charge in [0.15, 0.2) is 11.8 Å². The van der Waals surface area contributed by atoms with Crippen LogP contribution in [-0.2, 0) is 35.2 Å². The van der Waals surface area contributed by atoms with Crippen LogP contribution in [0.4, 0.5) is 0 Å². The first kappa shape index (κ1) is 29.2. The summed E-state index contributed by atoms with van der Waals surface area (Å²) in [6.07, 6.45) is 5.72. The van der Waals surface area contributed by atoms with E-state index in [1.165, 1.54) is 0 Å². The molecule has 1 aromatic rings. The number of carbonyl (C=O) groups is 2. The van der Waals surface area contributed by atoms with E-state index in [9.17, 15) is 14.7 Å². The molecule has 0 unspecified atom stereocenters. The molecule has 10 heteroatoms. The van der Waals surface area contributed by atoms with E-state index in [0.29, 0.717) is 13.0 Å². The third kappa shape index (κ3) is 5.49. The van der Waals surface area contributed by atoms with Crippen LogP contribution in [0.15, 0.2) is 24.3 Å². The molecule has 216 valence electrons. The maximum Gasteiger partial charge on any atom is 0.327 e. The lowest BCUT2D eigenvalue weighted by Crippen LogP contribution is -2.69. The summed E-state index contributed by atoms with van der Waals surface area (Å²) in [7, 11) is 0. The summed E-state index contributed by atoms with van der Waals surface area (Å²) < 4.78 is 20.7. The number of nitrogens with zero attached hydrogens (tertiary/aromatic N) is 1. The maximum absolute atomic E-state index is 13.9. The third-order valence-electron chi connectivity index (χ3n) is 8.62. The van der Waals surface area contributed by atoms with Gasteiger partial charge in [-0.1, -0.05) is 51.7 Å². The number of rotatable bonds is 13. The normalized spacial score (nSPS) is 32.6. The Morgan fingerprint density at radius 3 is 2.51 bits per heavy atom. The Balaban J connectivity index is 1.50. The fourth-order valence-corrected chi connectivity index (χ4v) is 7.45. The lowest BCUT2D eigenvalue weighted by Gasteiger charge is -2.48. The minimum Gasteiger partial charge on any atom is -0.458 e. The zero-order valence-corrected chi connectivity index (χ0v) is 25.1. The molecule has 0 aromatic heterocycles. The summed E-state index contributed by atoms with van der Waals surface area (Å²) in [6, 6.07) is 7.06. The van der Waals surface area contributed by atoms with E-state index >= 15 is 0 Å². The molecule has 4 aliphatic rings. The van der Waals surface area contributed by atoms with Gasteiger partial charge in [0.05, 0.1) is 13.2 Å². The molecule has 3 aliphatic heterocycles. The second kappa shape index (κ2) is 12.3. The van der Waals surface area contributed by atoms with Crippen molar-refractivity contribution in [2.24, 2.45) is 5.41 Å². The van der Waals surface area contributed by atoms with E-state index in [4.69, 9.17) is 19.0 Å². The molecule has 0 spiro atoms. The smallest absolute Gasteiger partial charge is 0.327 e. The molecule has 5 rings (SSSR count). The highest BCUT2D eigenvalue weighted by atomic mass is 127. The number of fused-ring (bicyclic) bond motifs is 4. The standard InChI is InChI=1S/C29H41IN2O7/c1-3-5-7-12-28(13-8-6-4-2)37-22-21-17-29(27(35)31-14-15-33)24(26(34)36-21)32(39-25(29)23(22)38-28)18-19-10-9-11-20(30)16-19/h9-11,16,21-25,33H,3-8,12-15,17-18H2,1-2H3,(H,31,35)/t21-,22+,23+,24-,25-,29-/m1/s1. The topological polar surface area (TPSA) is 107 Å². The summed E-state index contributed by atoms with van der Waals surface area (Å²) in [6.45, 7) is 4.57. The number of hydrogen-bond acceptors (Lipinski definition) is 8. The fraction of sp³-hybridized carbons (Fsp3) is 0.724. The Hall–Kier alpha value is -1.31. The van der Waals surface area contributed by atoms with Crippen molar-refractivity contribution >= 4 is 34.5 Å². The van der Waals surface area contributed by atoms with Crippen LogP contribution in [0.1, 0.15) is 77.2 Å². The van der Waals surface area contributed by atoms with Gasteiger partial charge in [-0.15, -0.1) is 0 Å². The first-order valence-electron chi connectivity index (χ1n) is 14.5. The Kier molecular flexibility index (Phi) is 9.19. The Morgan fingerprint density at radius 1 is 1.13 bits per heavy atom. The van der Waals surface area contributed by atoms with E-state index in [1.54, 1.807) is 5.06 Å². The number of aliphatic hydroxyl groups excluding tert-OH is 1. The highest BCUT2D eigenvalue weighted by Crippen LogP contribution is 2.58. The molecule has 3 saturated heterocycles. The SMILES string of the molecule is CCCCCC1(CCCCC)O[C@@H]2[C@H](O1)[C@H]1ON(Cc3cccc(I)c3)[C@@H]3C(=O)O[C@@H]2C[C@]13C(=O)NCCO. The third-order valence-corrected chi connectivity index (χ3v) is 9.29. The lowest BCUT2D eigenvalue weighted by atomic mass is 9.62. The summed E-state index contributed by atoms with van der Waals surface area (Å²) in [4.78, 5) is 34.1. The first-order chi connectivity index (χ1) is 18.9. The number of esters is 1. The Morgan fingerprint density at radius 2 is 1.85 bits per heavy atom. The molecule has 6 atom stereocenters. The fourth-order valence-electron chi connectivity index (χ4n) is 6.85. The molecular formula is C29H41IN2O7. The molecule has 2 bridgehead atoms. The number of benzene rings is 1. The van der Waals surface area contributed by atoms with Crippen molar-refractivity contribution in [1.29, 1.82) is 0 Å². The largest absolute Gasteiger partial charge is 0.458 e. The van der Waals surface area contributed by atoms with Crippen LogP contribution in [0.5, 0.6) is 0 Å². The Labute approximate surface area is 244 Å². The van der Waals surface area contributed by atoms with Gasteiger partial charge in [-0.2, -0.15) is 5.06 Å². The average molecular weight is 657 g/mol. The van der Waals surface area contributed by atoms with Crippen LogP contribution in [-0.4, -0.2) is 71.4 Å². The molecule has 1 amide bonds. The molecular weight excluding hydrogens is 615 g/mol. The van der Waals surface area contributed by atoms with Gasteiger partial charge in [0.25, 0.3) is 0 Å². The zero-order valence-electron chi connectivity index (χ0n) is 22.9. The van der Waals surface area contributed by atoms with Gasteiger partial charge in [0, 0.05) is 29.4 Å². The highest BCUT2D eigenvalue weighted by molar-refractivity contribution is 14.1. The summed E-state index contributed by atoms with van der Waals surface area (Å²) in [5.41, 5.74) is -0.236. The van der Waals surface area contributed by atoms with E-state index in [1.807, 2.05) is 24.3 Å². The molecule has 1 aliphatic carbocycles. The van der Waals surface area contributed by atoms with Crippen LogP contribution in [0, 0.1) is 8.99 Å². The number of hydroxylamine groups is 2. The number of unbranched alkanes of at least 4 members (excludes halogenated alkanes) is 4. The van der Waals surface area contributed by atoms with Crippen molar-refractivity contribution in [1.82, 2.24) is 10.4 Å². The summed E-state index contributed by atoms with van der Waals surface area (Å²) in [5, 5.41) is 13.9. The molecule has 2 N–H and O–H groups in total. The highest BCUT2D eigenvalue weighted by Gasteiger charge is 2.76. The maximum atomic E-state index is 13.9. The number of hydrogen-bond donors (Lipinski definition) is 2. The van der Waals surface area contributed by atoms with Crippen molar-refractivity contribution in [2.75, 3.05) is 13.2 Å². The van der Waals surface area contributed by atoms with Crippen LogP contribution in [0.25, 0.3) is 0 Å². The first-order valence-corrected chi connectivity index (χ1v) is 15.6. The van der Waals surface area contributed by atoms with Crippen molar-refractivity contribution in [3.63, 3.8) is 0 Å². The van der Waals surface area contributed by atoms with Gasteiger partial charge in [-0.25, -0.2) is 0 Å². The summed E-state index contributed by atoms with van der Waals surface area (Å²) >= 11 is 2.26. The molecule has 9 nitrogen and oxygen atoms in total. The van der Waals surface area contributed by atoms with E-state index < -0.39 is 47.6 Å². The number of ether oxygens (including phenoxy) is 3. The predicted molar refractivity (Wildman–Crippen MR) is 151 cm³/mol. The number of aliphatic hydroxyl groups is 1. The molecule has 4 fully saturated rings. The minimum atomic E-state index is -1.20. The van der Waals surface area contributed by atoms with Gasteiger partial charge in [-0.3, -0.25) is 14.4 Å². The Bertz CT molecular complexity index is 1030. The second-order valence-electron chi connectivity index (χ2n) is 11.3. The molecule has 0 radical (unpaired) electrons. The number of nitrogens with one attached hydrogen (secondary N) is 1. The van der Waals surface area contributed by atoms with Crippen molar-refractivity contribution < 1.29 is 33.7 Å². The van der Waals surface area contributed by atoms with Gasteiger partial charge >= 0.3 is 5.97 Å². The predicted octanol–water partition coefficient (Wildman–Crippen LogP) is 3.84. The summed E-state index contributed by atoms with van der Waals surface area (Å²) in [5.74, 6) is -1.57. The number of carbonyl (C=O) groups excluding carboxylic acids is 2. The van der Waals surface area contributed by atoms with Crippen LogP contribution >= 0.6 is 22.6 Å². The van der Waals surface area contributed by atoms with Crippen molar-refractivity contribution in [3.05, 3.63) is 33.4 Å². The van der Waals surface area contributed by atoms with Gasteiger partial charge in [-0.05, 0) is 53.1 Å². The lowest BCUT2D eigenvalue weighted by molar-refractivity contribution is -0.224. The van der Waals surface area contributed by atoms with Crippen LogP contribution < -0.4 is 5.32 Å². The van der Waals surface area contributed by atoms with Crippen LogP contribution in [0.2, 0.25) is 0 Å². The second-order valence-corrected chi connectivity index (χ2v) is 12.6. The van der Waals surface area contributed by atoms with Gasteiger partial charge in [0.2, 0.25) is 5.91 Å². The van der Waals surface area contributed by atoms with Crippen molar-refractivity contribution in [3.8, 4) is 0 Å². The van der Waals surface area contributed by atoms with Gasteiger partial charge < -0.3 is 24.6 Å². The van der Waals surface area contributed by atoms with Gasteiger partial charge in [0.1, 0.15) is 29.8 Å². The number of halogens is 1. The van der Waals surface area contributed by atoms with E-state index in [0.717, 1.165) is 60.5 Å². The molecule has 39 heavy (non-hydrogen) atoms. The van der Waals surface area contributed by atoms with Crippen LogP contribution in [0.3, 0.4) is 0 Å². The number of amides is 1. The molecule has 3 heterocycles. The molecule has 1 aromatic carbocycles. The van der Waals surface area contributed by atoms with Crippen molar-refractivity contribution in [2.45, 2.75) is 114 Å². The average Bonchev–Trinajstić information content (AvgIpc) is 3.46. The molecule has 1 saturated carbocycles. The minimum absolute atomic E-state index is 0.0973. The quantitative estimate of drug-likeness (QED) is 0.188. The van der Waals surface area contributed by atoms with E-state index in [-0.39, 0.29) is 19.1 Å².